The second-order valence-corrected chi connectivity index (χ2v) is 7.36. The monoisotopic (exact) mass is 426 g/mol. The molecule has 0 radical (unpaired) electrons. The number of anilines is 1. The van der Waals surface area contributed by atoms with Crippen molar-refractivity contribution in [3.8, 4) is 5.75 Å². The second kappa shape index (κ2) is 12.4. The van der Waals surface area contributed by atoms with Gasteiger partial charge in [-0.15, -0.1) is 0 Å². The minimum Gasteiger partial charge on any atom is -0.494 e. The zero-order valence-corrected chi connectivity index (χ0v) is 18.3. The van der Waals surface area contributed by atoms with E-state index >= 15 is 0 Å². The third kappa shape index (κ3) is 8.12. The molecule has 7 heteroatoms. The maximum atomic E-state index is 12.2. The minimum atomic E-state index is -0.694. The number of hydrogen-bond donors (Lipinski definition) is 2. The molecule has 0 bridgehead atoms. The lowest BCUT2D eigenvalue weighted by Gasteiger charge is -2.13. The normalized spacial score (nSPS) is 10.5. The standard InChI is InChI=1S/C24H30N2O5/c1-4-5-14-30-19-12-10-18(11-13-19)24(29)25-15-23(28)31-16-22(27)26-21-9-7-6-8-20(21)17(2)3/h6-13,17H,4-5,14-16H2,1-3H3,(H,25,29)(H,26,27). The van der Waals surface area contributed by atoms with Gasteiger partial charge in [0.05, 0.1) is 6.61 Å². The molecular formula is C24H30N2O5. The van der Waals surface area contributed by atoms with Crippen LogP contribution in [0.2, 0.25) is 0 Å². The van der Waals surface area contributed by atoms with Crippen LogP contribution in [-0.2, 0) is 14.3 Å². The van der Waals surface area contributed by atoms with Crippen LogP contribution in [0, 0.1) is 0 Å². The van der Waals surface area contributed by atoms with Crippen molar-refractivity contribution in [2.45, 2.75) is 39.5 Å². The molecule has 0 saturated heterocycles. The lowest BCUT2D eigenvalue weighted by molar-refractivity contribution is -0.146. The summed E-state index contributed by atoms with van der Waals surface area (Å²) in [6, 6.07) is 14.1. The zero-order valence-electron chi connectivity index (χ0n) is 18.3. The summed E-state index contributed by atoms with van der Waals surface area (Å²) in [5, 5.41) is 5.23. The van der Waals surface area contributed by atoms with Crippen LogP contribution < -0.4 is 15.4 Å². The predicted octanol–water partition coefficient (Wildman–Crippen LogP) is 3.90. The van der Waals surface area contributed by atoms with Crippen molar-refractivity contribution in [1.82, 2.24) is 5.32 Å². The predicted molar refractivity (Wildman–Crippen MR) is 119 cm³/mol. The average molecular weight is 427 g/mol. The summed E-state index contributed by atoms with van der Waals surface area (Å²) < 4.78 is 10.5. The van der Waals surface area contributed by atoms with Gasteiger partial charge in [0.1, 0.15) is 12.3 Å². The molecule has 0 aromatic heterocycles. The van der Waals surface area contributed by atoms with E-state index in [1.165, 1.54) is 0 Å². The third-order valence-electron chi connectivity index (χ3n) is 4.50. The van der Waals surface area contributed by atoms with Crippen molar-refractivity contribution in [2.24, 2.45) is 0 Å². The van der Waals surface area contributed by atoms with Crippen LogP contribution >= 0.6 is 0 Å². The van der Waals surface area contributed by atoms with Crippen LogP contribution in [0.25, 0.3) is 0 Å². The maximum Gasteiger partial charge on any atom is 0.325 e. The molecule has 0 aliphatic carbocycles. The highest BCUT2D eigenvalue weighted by Gasteiger charge is 2.13. The van der Waals surface area contributed by atoms with E-state index in [0.717, 1.165) is 18.4 Å². The van der Waals surface area contributed by atoms with Gasteiger partial charge in [-0.25, -0.2) is 0 Å². The van der Waals surface area contributed by atoms with Crippen molar-refractivity contribution in [3.05, 3.63) is 59.7 Å². The number of nitrogens with one attached hydrogen (secondary N) is 2. The molecule has 0 atom stereocenters. The lowest BCUT2D eigenvalue weighted by Crippen LogP contribution is -2.32. The molecule has 0 spiro atoms. The Bertz CT molecular complexity index is 878. The quantitative estimate of drug-likeness (QED) is 0.420. The van der Waals surface area contributed by atoms with Crippen molar-refractivity contribution >= 4 is 23.5 Å². The molecule has 2 aromatic carbocycles. The Kier molecular flexibility index (Phi) is 9.55. The van der Waals surface area contributed by atoms with Crippen molar-refractivity contribution in [3.63, 3.8) is 0 Å². The van der Waals surface area contributed by atoms with E-state index in [1.54, 1.807) is 30.3 Å². The molecule has 2 rings (SSSR count). The van der Waals surface area contributed by atoms with Gasteiger partial charge in [0.15, 0.2) is 6.61 Å². The summed E-state index contributed by atoms with van der Waals surface area (Å²) in [6.45, 7) is 6.01. The van der Waals surface area contributed by atoms with Gasteiger partial charge < -0.3 is 20.1 Å². The number of unbranched alkanes of at least 4 members (excludes halogenated alkanes) is 1. The summed E-state index contributed by atoms with van der Waals surface area (Å²) in [5.41, 5.74) is 2.09. The number of ether oxygens (including phenoxy) is 2. The van der Waals surface area contributed by atoms with E-state index in [1.807, 2.05) is 32.0 Å². The van der Waals surface area contributed by atoms with Crippen LogP contribution in [0.4, 0.5) is 5.69 Å². The van der Waals surface area contributed by atoms with Gasteiger partial charge in [-0.2, -0.15) is 0 Å². The molecule has 0 unspecified atom stereocenters. The van der Waals surface area contributed by atoms with Gasteiger partial charge in [-0.3, -0.25) is 14.4 Å². The van der Waals surface area contributed by atoms with E-state index in [9.17, 15) is 14.4 Å². The molecule has 0 aliphatic heterocycles. The largest absolute Gasteiger partial charge is 0.494 e. The van der Waals surface area contributed by atoms with Gasteiger partial charge in [-0.1, -0.05) is 45.4 Å². The molecular weight excluding hydrogens is 396 g/mol. The molecule has 31 heavy (non-hydrogen) atoms. The highest BCUT2D eigenvalue weighted by Crippen LogP contribution is 2.23. The number of hydrogen-bond acceptors (Lipinski definition) is 5. The molecule has 166 valence electrons. The Morgan fingerprint density at radius 1 is 1.00 bits per heavy atom. The average Bonchev–Trinajstić information content (AvgIpc) is 2.77. The fourth-order valence-corrected chi connectivity index (χ4v) is 2.79. The first kappa shape index (κ1) is 23.9. The van der Waals surface area contributed by atoms with E-state index in [-0.39, 0.29) is 12.5 Å². The van der Waals surface area contributed by atoms with Gasteiger partial charge in [0, 0.05) is 11.3 Å². The van der Waals surface area contributed by atoms with Crippen LogP contribution in [-0.4, -0.2) is 37.5 Å². The zero-order chi connectivity index (χ0) is 22.6. The highest BCUT2D eigenvalue weighted by molar-refractivity contribution is 5.96. The number of esters is 1. The molecule has 0 fully saturated rings. The minimum absolute atomic E-state index is 0.242. The van der Waals surface area contributed by atoms with E-state index in [2.05, 4.69) is 17.6 Å². The number of carbonyl (C=O) groups is 3. The highest BCUT2D eigenvalue weighted by atomic mass is 16.5. The topological polar surface area (TPSA) is 93.7 Å². The second-order valence-electron chi connectivity index (χ2n) is 7.36. The van der Waals surface area contributed by atoms with Gasteiger partial charge in [0.25, 0.3) is 11.8 Å². The first-order valence-electron chi connectivity index (χ1n) is 10.5. The fraction of sp³-hybridized carbons (Fsp3) is 0.375. The molecule has 0 aliphatic rings. The van der Waals surface area contributed by atoms with Crippen LogP contribution in [0.5, 0.6) is 5.75 Å². The first-order chi connectivity index (χ1) is 14.9. The van der Waals surface area contributed by atoms with E-state index < -0.39 is 24.4 Å². The molecule has 0 heterocycles. The van der Waals surface area contributed by atoms with Crippen LogP contribution in [0.3, 0.4) is 0 Å². The number of amides is 2. The Morgan fingerprint density at radius 2 is 1.71 bits per heavy atom. The van der Waals surface area contributed by atoms with Gasteiger partial charge in [0.2, 0.25) is 0 Å². The molecule has 7 nitrogen and oxygen atoms in total. The Hall–Kier alpha value is -3.35. The van der Waals surface area contributed by atoms with E-state index in [0.29, 0.717) is 23.6 Å². The van der Waals surface area contributed by atoms with Crippen LogP contribution in [0.15, 0.2) is 48.5 Å². The number of carbonyl (C=O) groups excluding carboxylic acids is 3. The fourth-order valence-electron chi connectivity index (χ4n) is 2.79. The Morgan fingerprint density at radius 3 is 2.39 bits per heavy atom. The molecule has 0 saturated carbocycles. The summed E-state index contributed by atoms with van der Waals surface area (Å²) in [7, 11) is 0. The Labute approximate surface area is 183 Å². The van der Waals surface area contributed by atoms with Gasteiger partial charge in [-0.05, 0) is 48.2 Å². The third-order valence-corrected chi connectivity index (χ3v) is 4.50. The van der Waals surface area contributed by atoms with Gasteiger partial charge >= 0.3 is 5.97 Å². The maximum absolute atomic E-state index is 12.2. The summed E-state index contributed by atoms with van der Waals surface area (Å²) in [4.78, 5) is 36.1. The number of para-hydroxylation sites is 1. The van der Waals surface area contributed by atoms with E-state index in [4.69, 9.17) is 9.47 Å². The number of rotatable bonds is 11. The van der Waals surface area contributed by atoms with Crippen molar-refractivity contribution < 1.29 is 23.9 Å². The Balaban J connectivity index is 1.74. The summed E-state index contributed by atoms with van der Waals surface area (Å²) >= 11 is 0. The van der Waals surface area contributed by atoms with Crippen molar-refractivity contribution in [1.29, 1.82) is 0 Å². The molecule has 2 amide bonds. The SMILES string of the molecule is CCCCOc1ccc(C(=O)NCC(=O)OCC(=O)Nc2ccccc2C(C)C)cc1. The summed E-state index contributed by atoms with van der Waals surface area (Å²) in [6.07, 6.45) is 2.01. The lowest BCUT2D eigenvalue weighted by atomic mass is 10.0. The number of benzene rings is 2. The first-order valence-corrected chi connectivity index (χ1v) is 10.5. The van der Waals surface area contributed by atoms with Crippen molar-refractivity contribution in [2.75, 3.05) is 25.1 Å². The molecule has 2 N–H and O–H groups in total. The van der Waals surface area contributed by atoms with Crippen LogP contribution in [0.1, 0.15) is 55.5 Å². The summed E-state index contributed by atoms with van der Waals surface area (Å²) in [5.74, 6) is -0.611. The molecule has 2 aromatic rings. The smallest absolute Gasteiger partial charge is 0.325 e.